The van der Waals surface area contributed by atoms with Gasteiger partial charge >= 0.3 is 6.18 Å². The third-order valence-corrected chi connectivity index (χ3v) is 6.01. The molecule has 1 amide bonds. The fourth-order valence-corrected chi connectivity index (χ4v) is 4.48. The lowest BCUT2D eigenvalue weighted by molar-refractivity contribution is -0.141. The summed E-state index contributed by atoms with van der Waals surface area (Å²) in [6.07, 6.45) is -0.344. The highest BCUT2D eigenvalue weighted by Crippen LogP contribution is 2.35. The normalized spacial score (nSPS) is 20.2. The first-order valence-electron chi connectivity index (χ1n) is 10.3. The zero-order chi connectivity index (χ0) is 23.2. The summed E-state index contributed by atoms with van der Waals surface area (Å²) in [5, 5.41) is 0. The molecule has 11 heteroatoms. The number of benzene rings is 1. The average molecular weight is 458 g/mol. The first kappa shape index (κ1) is 21.2. The van der Waals surface area contributed by atoms with Gasteiger partial charge in [-0.3, -0.25) is 4.79 Å². The van der Waals surface area contributed by atoms with Crippen LogP contribution >= 0.6 is 0 Å². The Hall–Kier alpha value is -3.63. The highest BCUT2D eigenvalue weighted by Gasteiger charge is 2.43. The van der Waals surface area contributed by atoms with Crippen molar-refractivity contribution in [2.45, 2.75) is 6.18 Å². The molecule has 2 aliphatic rings. The van der Waals surface area contributed by atoms with Crippen LogP contribution in [0.15, 0.2) is 48.9 Å². The second kappa shape index (κ2) is 8.05. The molecule has 0 N–H and O–H groups in total. The van der Waals surface area contributed by atoms with Crippen molar-refractivity contribution in [3.05, 3.63) is 66.0 Å². The Labute approximate surface area is 186 Å². The molecule has 5 rings (SSSR count). The van der Waals surface area contributed by atoms with Crippen LogP contribution in [-0.2, 0) is 6.18 Å². The number of anilines is 1. The predicted molar refractivity (Wildman–Crippen MR) is 110 cm³/mol. The molecule has 0 spiro atoms. The van der Waals surface area contributed by atoms with Gasteiger partial charge in [-0.25, -0.2) is 24.3 Å². The van der Waals surface area contributed by atoms with Crippen LogP contribution in [0.3, 0.4) is 0 Å². The molecule has 2 aliphatic heterocycles. The van der Waals surface area contributed by atoms with Gasteiger partial charge in [-0.1, -0.05) is 0 Å². The third-order valence-electron chi connectivity index (χ3n) is 6.01. The summed E-state index contributed by atoms with van der Waals surface area (Å²) in [6.45, 7) is 1.69. The molecule has 2 unspecified atom stereocenters. The van der Waals surface area contributed by atoms with Crippen LogP contribution in [0, 0.1) is 17.7 Å². The van der Waals surface area contributed by atoms with Crippen LogP contribution in [0.4, 0.5) is 23.5 Å². The van der Waals surface area contributed by atoms with Crippen molar-refractivity contribution >= 4 is 11.9 Å². The van der Waals surface area contributed by atoms with Crippen molar-refractivity contribution in [1.82, 2.24) is 24.8 Å². The van der Waals surface area contributed by atoms with Gasteiger partial charge in [0, 0.05) is 62.2 Å². The number of carbonyl (C=O) groups is 1. The maximum atomic E-state index is 14.0. The van der Waals surface area contributed by atoms with Crippen molar-refractivity contribution < 1.29 is 22.4 Å². The average Bonchev–Trinajstić information content (AvgIpc) is 3.38. The van der Waals surface area contributed by atoms with Gasteiger partial charge in [0.15, 0.2) is 5.82 Å². The Morgan fingerprint density at radius 1 is 0.939 bits per heavy atom. The van der Waals surface area contributed by atoms with E-state index < -0.39 is 17.7 Å². The van der Waals surface area contributed by atoms with Crippen molar-refractivity contribution in [2.75, 3.05) is 31.1 Å². The van der Waals surface area contributed by atoms with E-state index in [9.17, 15) is 22.4 Å². The van der Waals surface area contributed by atoms with Crippen LogP contribution < -0.4 is 4.90 Å². The molecular weight excluding hydrogens is 440 g/mol. The molecule has 2 saturated heterocycles. The minimum Gasteiger partial charge on any atom is -0.340 e. The number of carbonyl (C=O) groups excluding carboxylic acids is 1. The lowest BCUT2D eigenvalue weighted by atomic mass is 10.0. The van der Waals surface area contributed by atoms with E-state index in [1.54, 1.807) is 28.3 Å². The van der Waals surface area contributed by atoms with E-state index in [4.69, 9.17) is 0 Å². The summed E-state index contributed by atoms with van der Waals surface area (Å²) >= 11 is 0. The molecule has 0 aliphatic carbocycles. The summed E-state index contributed by atoms with van der Waals surface area (Å²) in [5.74, 6) is -0.397. The van der Waals surface area contributed by atoms with Crippen LogP contribution in [0.5, 0.6) is 0 Å². The SMILES string of the molecule is O=C(c1cc(F)ccc1-c1ncccn1)N1CC2CN(c3nccc(C(F)(F)F)n3)CC2C1. The minimum atomic E-state index is -4.54. The Kier molecular flexibility index (Phi) is 5.18. The zero-order valence-electron chi connectivity index (χ0n) is 17.2. The fourth-order valence-electron chi connectivity index (χ4n) is 4.48. The van der Waals surface area contributed by atoms with E-state index in [2.05, 4.69) is 19.9 Å². The highest BCUT2D eigenvalue weighted by molar-refractivity contribution is 6.00. The smallest absolute Gasteiger partial charge is 0.340 e. The number of hydrogen-bond donors (Lipinski definition) is 0. The van der Waals surface area contributed by atoms with Gasteiger partial charge in [-0.15, -0.1) is 0 Å². The van der Waals surface area contributed by atoms with E-state index in [1.165, 1.54) is 18.2 Å². The minimum absolute atomic E-state index is 0.0331. The maximum absolute atomic E-state index is 14.0. The predicted octanol–water partition coefficient (Wildman–Crippen LogP) is 3.30. The number of rotatable bonds is 3. The van der Waals surface area contributed by atoms with Gasteiger partial charge in [0.25, 0.3) is 5.91 Å². The van der Waals surface area contributed by atoms with E-state index in [1.807, 2.05) is 0 Å². The lowest BCUT2D eigenvalue weighted by Gasteiger charge is -2.23. The number of nitrogens with zero attached hydrogens (tertiary/aromatic N) is 6. The molecule has 170 valence electrons. The summed E-state index contributed by atoms with van der Waals surface area (Å²) in [6, 6.07) is 6.42. The molecule has 0 bridgehead atoms. The Bertz CT molecular complexity index is 1180. The Morgan fingerprint density at radius 2 is 1.64 bits per heavy atom. The van der Waals surface area contributed by atoms with E-state index in [0.717, 1.165) is 12.3 Å². The molecule has 7 nitrogen and oxygen atoms in total. The van der Waals surface area contributed by atoms with Crippen LogP contribution in [0.2, 0.25) is 0 Å². The molecule has 2 fully saturated rings. The number of aromatic nitrogens is 4. The van der Waals surface area contributed by atoms with Gasteiger partial charge < -0.3 is 9.80 Å². The molecule has 1 aromatic carbocycles. The number of alkyl halides is 3. The van der Waals surface area contributed by atoms with Gasteiger partial charge in [0.1, 0.15) is 11.5 Å². The molecule has 2 aromatic heterocycles. The molecule has 4 heterocycles. The van der Waals surface area contributed by atoms with Crippen LogP contribution in [0.25, 0.3) is 11.4 Å². The Morgan fingerprint density at radius 3 is 2.30 bits per heavy atom. The summed E-state index contributed by atoms with van der Waals surface area (Å²) < 4.78 is 52.9. The fraction of sp³-hybridized carbons (Fsp3) is 0.318. The van der Waals surface area contributed by atoms with Crippen molar-refractivity contribution in [3.63, 3.8) is 0 Å². The third kappa shape index (κ3) is 4.10. The lowest BCUT2D eigenvalue weighted by Crippen LogP contribution is -2.34. The monoisotopic (exact) mass is 458 g/mol. The van der Waals surface area contributed by atoms with Gasteiger partial charge in [-0.05, 0) is 30.3 Å². The van der Waals surface area contributed by atoms with Gasteiger partial charge in [0.2, 0.25) is 5.95 Å². The van der Waals surface area contributed by atoms with E-state index >= 15 is 0 Å². The summed E-state index contributed by atoms with van der Waals surface area (Å²) in [7, 11) is 0. The first-order valence-corrected chi connectivity index (χ1v) is 10.3. The number of hydrogen-bond acceptors (Lipinski definition) is 6. The van der Waals surface area contributed by atoms with Crippen LogP contribution in [-0.4, -0.2) is 56.9 Å². The largest absolute Gasteiger partial charge is 0.433 e. The quantitative estimate of drug-likeness (QED) is 0.561. The standard InChI is InChI=1S/C22H18F4N6O/c23-15-2-3-16(19-27-5-1-6-28-19)17(8-15)20(33)31-9-13-11-32(12-14(13)10-31)21-29-7-4-18(30-21)22(24,25)26/h1-8,13-14H,9-12H2. The van der Waals surface area contributed by atoms with Crippen molar-refractivity contribution in [2.24, 2.45) is 11.8 Å². The maximum Gasteiger partial charge on any atom is 0.433 e. The molecule has 2 atom stereocenters. The highest BCUT2D eigenvalue weighted by atomic mass is 19.4. The molecular formula is C22H18F4N6O. The summed E-state index contributed by atoms with van der Waals surface area (Å²) in [4.78, 5) is 32.6. The number of halogens is 4. The Balaban J connectivity index is 1.32. The van der Waals surface area contributed by atoms with Crippen molar-refractivity contribution in [1.29, 1.82) is 0 Å². The summed E-state index contributed by atoms with van der Waals surface area (Å²) in [5.41, 5.74) is -0.361. The van der Waals surface area contributed by atoms with Crippen LogP contribution in [0.1, 0.15) is 16.1 Å². The van der Waals surface area contributed by atoms with Crippen molar-refractivity contribution in [3.8, 4) is 11.4 Å². The number of fused-ring (bicyclic) bond motifs is 1. The number of amides is 1. The first-order chi connectivity index (χ1) is 15.8. The zero-order valence-corrected chi connectivity index (χ0v) is 17.2. The molecule has 0 radical (unpaired) electrons. The van der Waals surface area contributed by atoms with E-state index in [-0.39, 0.29) is 29.3 Å². The second-order valence-corrected chi connectivity index (χ2v) is 8.14. The molecule has 33 heavy (non-hydrogen) atoms. The van der Waals surface area contributed by atoms with E-state index in [0.29, 0.717) is 37.6 Å². The molecule has 0 saturated carbocycles. The topological polar surface area (TPSA) is 75.1 Å². The number of likely N-dealkylation sites (tertiary alicyclic amines) is 1. The second-order valence-electron chi connectivity index (χ2n) is 8.14. The molecule has 3 aromatic rings. The van der Waals surface area contributed by atoms with Gasteiger partial charge in [0.05, 0.1) is 5.56 Å². The van der Waals surface area contributed by atoms with Gasteiger partial charge in [-0.2, -0.15) is 13.2 Å².